The second-order valence-corrected chi connectivity index (χ2v) is 6.46. The first kappa shape index (κ1) is 15.3. The average molecular weight is 331 g/mol. The lowest BCUT2D eigenvalue weighted by Gasteiger charge is -2.12. The Morgan fingerprint density at radius 1 is 1.35 bits per heavy atom. The van der Waals surface area contributed by atoms with Crippen LogP contribution < -0.4 is 5.32 Å². The first-order valence-electron chi connectivity index (χ1n) is 5.89. The van der Waals surface area contributed by atoms with Gasteiger partial charge in [0.25, 0.3) is 5.69 Å². The Balaban J connectivity index is 2.10. The summed E-state index contributed by atoms with van der Waals surface area (Å²) in [4.78, 5) is 11.7. The van der Waals surface area contributed by atoms with Gasteiger partial charge in [0, 0.05) is 34.1 Å². The lowest BCUT2D eigenvalue weighted by molar-refractivity contribution is -0.385. The van der Waals surface area contributed by atoms with Crippen LogP contribution in [0.15, 0.2) is 30.3 Å². The van der Waals surface area contributed by atoms with Crippen LogP contribution in [0.3, 0.4) is 0 Å². The lowest BCUT2D eigenvalue weighted by Crippen LogP contribution is -2.17. The van der Waals surface area contributed by atoms with Crippen LogP contribution in [0, 0.1) is 10.1 Å². The zero-order valence-electron chi connectivity index (χ0n) is 10.6. The molecule has 0 spiro atoms. The first-order chi connectivity index (χ1) is 9.47. The lowest BCUT2D eigenvalue weighted by atomic mass is 10.1. The predicted octanol–water partition coefficient (Wildman–Crippen LogP) is 4.81. The second-order valence-electron chi connectivity index (χ2n) is 4.27. The highest BCUT2D eigenvalue weighted by Gasteiger charge is 2.15. The van der Waals surface area contributed by atoms with Crippen molar-refractivity contribution in [2.24, 2.45) is 0 Å². The van der Waals surface area contributed by atoms with Crippen molar-refractivity contribution in [1.82, 2.24) is 5.32 Å². The highest BCUT2D eigenvalue weighted by atomic mass is 35.5. The number of nitro groups is 1. The maximum atomic E-state index is 11.0. The molecule has 1 atom stereocenters. The van der Waals surface area contributed by atoms with Crippen LogP contribution >= 0.6 is 34.5 Å². The summed E-state index contributed by atoms with van der Waals surface area (Å²) in [5, 5.41) is 14.7. The summed E-state index contributed by atoms with van der Waals surface area (Å²) in [6.07, 6.45) is 0. The van der Waals surface area contributed by atoms with Crippen LogP contribution in [0.4, 0.5) is 5.69 Å². The topological polar surface area (TPSA) is 55.2 Å². The number of benzene rings is 1. The smallest absolute Gasteiger partial charge is 0.273 e. The summed E-state index contributed by atoms with van der Waals surface area (Å²) in [7, 11) is 0. The molecule has 106 valence electrons. The number of hydrogen-bond donors (Lipinski definition) is 1. The molecule has 0 aliphatic carbocycles. The Kier molecular flexibility index (Phi) is 4.99. The number of thiophene rings is 1. The summed E-state index contributed by atoms with van der Waals surface area (Å²) in [5.74, 6) is 0. The molecule has 1 N–H and O–H groups in total. The van der Waals surface area contributed by atoms with Crippen molar-refractivity contribution in [1.29, 1.82) is 0 Å². The van der Waals surface area contributed by atoms with Gasteiger partial charge < -0.3 is 5.32 Å². The Morgan fingerprint density at radius 2 is 2.10 bits per heavy atom. The molecule has 0 radical (unpaired) electrons. The molecule has 0 aliphatic heterocycles. The molecule has 0 aliphatic rings. The standard InChI is InChI=1S/C13H12Cl2N2O2S/c1-8(12-4-5-13(15)20-12)16-7-9-6-10(14)2-3-11(9)17(18)19/h2-6,8,16H,7H2,1H3. The van der Waals surface area contributed by atoms with Gasteiger partial charge in [-0.05, 0) is 31.2 Å². The van der Waals surface area contributed by atoms with Gasteiger partial charge in [0.2, 0.25) is 0 Å². The molecule has 2 aromatic rings. The van der Waals surface area contributed by atoms with Crippen molar-refractivity contribution < 1.29 is 4.92 Å². The molecule has 0 saturated heterocycles. The van der Waals surface area contributed by atoms with E-state index in [1.54, 1.807) is 6.07 Å². The van der Waals surface area contributed by atoms with E-state index >= 15 is 0 Å². The Hall–Kier alpha value is -1.14. The molecule has 7 heteroatoms. The minimum absolute atomic E-state index is 0.0612. The Bertz CT molecular complexity index is 631. The number of nitrogens with one attached hydrogen (secondary N) is 1. The Morgan fingerprint density at radius 3 is 2.70 bits per heavy atom. The average Bonchev–Trinajstić information content (AvgIpc) is 2.82. The fourth-order valence-corrected chi connectivity index (χ4v) is 3.08. The van der Waals surface area contributed by atoms with Crippen molar-refractivity contribution in [3.63, 3.8) is 0 Å². The molecule has 0 bridgehead atoms. The van der Waals surface area contributed by atoms with E-state index in [-0.39, 0.29) is 11.7 Å². The molecule has 1 aromatic carbocycles. The van der Waals surface area contributed by atoms with Gasteiger partial charge in [0.1, 0.15) is 0 Å². The van der Waals surface area contributed by atoms with Crippen molar-refractivity contribution in [3.05, 3.63) is 60.2 Å². The maximum Gasteiger partial charge on any atom is 0.273 e. The zero-order chi connectivity index (χ0) is 14.7. The molecule has 0 saturated carbocycles. The van der Waals surface area contributed by atoms with Crippen LogP contribution in [0.2, 0.25) is 9.36 Å². The quantitative estimate of drug-likeness (QED) is 0.632. The van der Waals surface area contributed by atoms with Crippen LogP contribution in [0.25, 0.3) is 0 Å². The van der Waals surface area contributed by atoms with Gasteiger partial charge in [0.05, 0.1) is 9.26 Å². The van der Waals surface area contributed by atoms with Crippen molar-refractivity contribution >= 4 is 40.2 Å². The molecule has 2 rings (SSSR count). The van der Waals surface area contributed by atoms with E-state index < -0.39 is 4.92 Å². The fourth-order valence-electron chi connectivity index (χ4n) is 1.80. The van der Waals surface area contributed by atoms with Gasteiger partial charge in [-0.2, -0.15) is 0 Å². The molecule has 4 nitrogen and oxygen atoms in total. The Labute approximate surface area is 130 Å². The molecule has 20 heavy (non-hydrogen) atoms. The second kappa shape index (κ2) is 6.54. The summed E-state index contributed by atoms with van der Waals surface area (Å²) in [6.45, 7) is 2.35. The first-order valence-corrected chi connectivity index (χ1v) is 7.46. The SMILES string of the molecule is CC(NCc1cc(Cl)ccc1[N+](=O)[O-])c1ccc(Cl)s1. The van der Waals surface area contributed by atoms with Gasteiger partial charge in [-0.1, -0.05) is 23.2 Å². The summed E-state index contributed by atoms with van der Waals surface area (Å²) in [6, 6.07) is 8.39. The number of nitrogens with zero attached hydrogens (tertiary/aromatic N) is 1. The number of rotatable bonds is 5. The van der Waals surface area contributed by atoms with Crippen LogP contribution in [-0.4, -0.2) is 4.92 Å². The van der Waals surface area contributed by atoms with Gasteiger partial charge in [-0.15, -0.1) is 11.3 Å². The number of hydrogen-bond acceptors (Lipinski definition) is 4. The monoisotopic (exact) mass is 330 g/mol. The van der Waals surface area contributed by atoms with Gasteiger partial charge in [0.15, 0.2) is 0 Å². The van der Waals surface area contributed by atoms with Gasteiger partial charge in [-0.25, -0.2) is 0 Å². The van der Waals surface area contributed by atoms with E-state index in [2.05, 4.69) is 5.32 Å². The third-order valence-electron chi connectivity index (χ3n) is 2.86. The van der Waals surface area contributed by atoms with Gasteiger partial charge in [-0.3, -0.25) is 10.1 Å². The van der Waals surface area contributed by atoms with Crippen LogP contribution in [-0.2, 0) is 6.54 Å². The highest BCUT2D eigenvalue weighted by molar-refractivity contribution is 7.16. The molecule has 0 amide bonds. The summed E-state index contributed by atoms with van der Waals surface area (Å²) in [5.41, 5.74) is 0.635. The predicted molar refractivity (Wildman–Crippen MR) is 82.7 cm³/mol. The molecular formula is C13H12Cl2N2O2S. The normalized spacial score (nSPS) is 12.3. The van der Waals surface area contributed by atoms with Crippen molar-refractivity contribution in [2.45, 2.75) is 19.5 Å². The highest BCUT2D eigenvalue weighted by Crippen LogP contribution is 2.28. The van der Waals surface area contributed by atoms with Gasteiger partial charge >= 0.3 is 0 Å². The molecule has 1 aromatic heterocycles. The fraction of sp³-hybridized carbons (Fsp3) is 0.231. The summed E-state index contributed by atoms with van der Waals surface area (Å²) >= 11 is 13.3. The maximum absolute atomic E-state index is 11.0. The van der Waals surface area contributed by atoms with Crippen LogP contribution in [0.5, 0.6) is 0 Å². The zero-order valence-corrected chi connectivity index (χ0v) is 12.9. The number of nitro benzene ring substituents is 1. The third-order valence-corrected chi connectivity index (χ3v) is 4.51. The third kappa shape index (κ3) is 3.70. The van der Waals surface area contributed by atoms with E-state index in [1.807, 2.05) is 19.1 Å². The molecule has 1 heterocycles. The van der Waals surface area contributed by atoms with Crippen molar-refractivity contribution in [3.8, 4) is 0 Å². The minimum atomic E-state index is -0.403. The van der Waals surface area contributed by atoms with Crippen molar-refractivity contribution in [2.75, 3.05) is 0 Å². The molecule has 0 fully saturated rings. The van der Waals surface area contributed by atoms with Crippen LogP contribution in [0.1, 0.15) is 23.4 Å². The molecular weight excluding hydrogens is 319 g/mol. The van der Waals surface area contributed by atoms with E-state index in [4.69, 9.17) is 23.2 Å². The van der Waals surface area contributed by atoms with E-state index in [0.29, 0.717) is 17.1 Å². The largest absolute Gasteiger partial charge is 0.305 e. The van der Waals surface area contributed by atoms with E-state index in [0.717, 1.165) is 9.21 Å². The number of halogens is 2. The van der Waals surface area contributed by atoms with E-state index in [1.165, 1.54) is 23.5 Å². The van der Waals surface area contributed by atoms with E-state index in [9.17, 15) is 10.1 Å². The summed E-state index contributed by atoms with van der Waals surface area (Å²) < 4.78 is 0.724. The minimum Gasteiger partial charge on any atom is -0.305 e. The molecule has 1 unspecified atom stereocenters.